The van der Waals surface area contributed by atoms with Gasteiger partial charge in [-0.1, -0.05) is 6.42 Å². The third-order valence-electron chi connectivity index (χ3n) is 5.67. The monoisotopic (exact) mass is 449 g/mol. The normalized spacial score (nSPS) is 25.0. The van der Waals surface area contributed by atoms with Crippen molar-refractivity contribution in [3.8, 4) is 0 Å². The maximum atomic E-state index is 12.5. The van der Waals surface area contributed by atoms with Crippen LogP contribution in [0, 0.1) is 18.8 Å². The zero-order valence-corrected chi connectivity index (χ0v) is 17.5. The second kappa shape index (κ2) is 9.61. The quantitative estimate of drug-likeness (QED) is 0.764. The topological polar surface area (TPSA) is 83.0 Å². The zero-order chi connectivity index (χ0) is 21.9. The van der Waals surface area contributed by atoms with Gasteiger partial charge in [0.2, 0.25) is 5.91 Å². The van der Waals surface area contributed by atoms with Crippen molar-refractivity contribution < 1.29 is 32.6 Å². The fraction of sp³-hybridized carbons (Fsp3) is 0.737. The average molecular weight is 449 g/mol. The molecule has 1 saturated carbocycles. The van der Waals surface area contributed by atoms with Gasteiger partial charge in [-0.05, 0) is 19.8 Å². The number of ether oxygens (including phenoxy) is 1. The number of nitrogens with zero attached hydrogens (tertiary/aromatic N) is 3. The number of aryl methyl sites for hydroxylation is 1. The maximum absolute atomic E-state index is 12.5. The number of carbonyl (C=O) groups is 2. The molecular weight excluding hydrogens is 423 g/mol. The van der Waals surface area contributed by atoms with E-state index in [4.69, 9.17) is 14.6 Å². The number of carboxylic acids is 1. The van der Waals surface area contributed by atoms with Crippen LogP contribution in [0.3, 0.4) is 0 Å². The molecule has 11 heteroatoms. The first-order valence-electron chi connectivity index (χ1n) is 9.97. The van der Waals surface area contributed by atoms with Crippen LogP contribution in [0.5, 0.6) is 0 Å². The number of rotatable bonds is 3. The number of halogens is 3. The minimum absolute atomic E-state index is 0.223. The third kappa shape index (κ3) is 5.92. The first kappa shape index (κ1) is 23.0. The van der Waals surface area contributed by atoms with Gasteiger partial charge in [0.25, 0.3) is 0 Å². The largest absolute Gasteiger partial charge is 0.490 e. The highest BCUT2D eigenvalue weighted by atomic mass is 32.1. The van der Waals surface area contributed by atoms with Gasteiger partial charge in [-0.15, -0.1) is 11.3 Å². The van der Waals surface area contributed by atoms with Gasteiger partial charge in [-0.25, -0.2) is 9.78 Å². The number of thiazole rings is 1. The molecule has 0 spiro atoms. The lowest BCUT2D eigenvalue weighted by Gasteiger charge is -2.29. The molecule has 1 aromatic rings. The van der Waals surface area contributed by atoms with Crippen molar-refractivity contribution in [1.82, 2.24) is 14.8 Å². The summed E-state index contributed by atoms with van der Waals surface area (Å²) in [6.45, 7) is 7.34. The fourth-order valence-corrected chi connectivity index (χ4v) is 4.51. The van der Waals surface area contributed by atoms with Crippen molar-refractivity contribution in [2.24, 2.45) is 11.8 Å². The van der Waals surface area contributed by atoms with E-state index in [1.165, 1.54) is 6.42 Å². The number of fused-ring (bicyclic) bond motifs is 1. The lowest BCUT2D eigenvalue weighted by atomic mass is 9.84. The van der Waals surface area contributed by atoms with E-state index in [1.54, 1.807) is 11.3 Å². The standard InChI is InChI=1S/C17H25N3O2S.C2HF3O2/c1-12-18-15(11-23-12)9-19-5-6-22-16-10-20(8-14(16)7-19)17(21)13-3-2-4-13;3-2(4,5)1(6)7/h11,13-14,16H,2-10H2,1H3;(H,6,7)/t14-,16+;/m0./s1. The fourth-order valence-electron chi connectivity index (χ4n) is 3.91. The molecular formula is C19H26F3N3O4S. The number of aliphatic carboxylic acids is 1. The number of carbonyl (C=O) groups excluding carboxylic acids is 1. The SMILES string of the molecule is Cc1nc(CN2CCO[C@@H]3CN(C(=O)C4CCC4)C[C@@H]3C2)cs1.O=C(O)C(F)(F)F. The first-order chi connectivity index (χ1) is 14.1. The molecule has 0 unspecified atom stereocenters. The predicted octanol–water partition coefficient (Wildman–Crippen LogP) is 2.54. The number of hydrogen-bond acceptors (Lipinski definition) is 6. The second-order valence-electron chi connectivity index (χ2n) is 7.94. The van der Waals surface area contributed by atoms with Crippen molar-refractivity contribution in [2.75, 3.05) is 32.8 Å². The number of amides is 1. The molecule has 1 aliphatic carbocycles. The van der Waals surface area contributed by atoms with Crippen molar-refractivity contribution >= 4 is 23.2 Å². The van der Waals surface area contributed by atoms with E-state index < -0.39 is 12.1 Å². The highest BCUT2D eigenvalue weighted by Crippen LogP contribution is 2.32. The molecule has 1 N–H and O–H groups in total. The Bertz CT molecular complexity index is 754. The van der Waals surface area contributed by atoms with E-state index in [0.717, 1.165) is 62.9 Å². The summed E-state index contributed by atoms with van der Waals surface area (Å²) >= 11 is 1.71. The van der Waals surface area contributed by atoms with Crippen LogP contribution in [0.1, 0.15) is 30.0 Å². The highest BCUT2D eigenvalue weighted by Gasteiger charge is 2.41. The average Bonchev–Trinajstić information content (AvgIpc) is 3.14. The molecule has 1 aromatic heterocycles. The van der Waals surface area contributed by atoms with Gasteiger partial charge in [0.15, 0.2) is 0 Å². The molecule has 2 aliphatic heterocycles. The Kier molecular flexibility index (Phi) is 7.35. The van der Waals surface area contributed by atoms with E-state index in [0.29, 0.717) is 17.7 Å². The van der Waals surface area contributed by atoms with Crippen molar-refractivity contribution in [2.45, 2.75) is 45.0 Å². The second-order valence-corrected chi connectivity index (χ2v) is 9.00. The number of aromatic nitrogens is 1. The van der Waals surface area contributed by atoms with Crippen LogP contribution in [0.2, 0.25) is 0 Å². The van der Waals surface area contributed by atoms with E-state index in [9.17, 15) is 18.0 Å². The molecule has 3 fully saturated rings. The molecule has 0 bridgehead atoms. The lowest BCUT2D eigenvalue weighted by Crippen LogP contribution is -2.39. The smallest absolute Gasteiger partial charge is 0.475 e. The lowest BCUT2D eigenvalue weighted by molar-refractivity contribution is -0.192. The van der Waals surface area contributed by atoms with Crippen LogP contribution in [0.15, 0.2) is 5.38 Å². The van der Waals surface area contributed by atoms with E-state index >= 15 is 0 Å². The number of hydrogen-bond donors (Lipinski definition) is 1. The molecule has 1 amide bonds. The Labute approximate surface area is 176 Å². The Hall–Kier alpha value is -1.72. The molecule has 2 atom stereocenters. The molecule has 2 saturated heterocycles. The van der Waals surface area contributed by atoms with Crippen molar-refractivity contribution in [1.29, 1.82) is 0 Å². The minimum Gasteiger partial charge on any atom is -0.475 e. The first-order valence-corrected chi connectivity index (χ1v) is 10.9. The molecule has 3 aliphatic rings. The Balaban J connectivity index is 0.000000318. The predicted molar refractivity (Wildman–Crippen MR) is 103 cm³/mol. The number of carboxylic acid groups (broad SMARTS) is 1. The highest BCUT2D eigenvalue weighted by molar-refractivity contribution is 7.09. The van der Waals surface area contributed by atoms with Gasteiger partial charge >= 0.3 is 12.1 Å². The Morgan fingerprint density at radius 3 is 2.53 bits per heavy atom. The summed E-state index contributed by atoms with van der Waals surface area (Å²) in [4.78, 5) is 30.5. The maximum Gasteiger partial charge on any atom is 0.490 e. The van der Waals surface area contributed by atoms with Crippen LogP contribution >= 0.6 is 11.3 Å². The van der Waals surface area contributed by atoms with Gasteiger partial charge in [-0.3, -0.25) is 9.69 Å². The van der Waals surface area contributed by atoms with Gasteiger partial charge in [0.1, 0.15) is 0 Å². The van der Waals surface area contributed by atoms with Gasteiger partial charge in [0.05, 0.1) is 23.4 Å². The van der Waals surface area contributed by atoms with Crippen LogP contribution in [0.25, 0.3) is 0 Å². The minimum atomic E-state index is -5.08. The summed E-state index contributed by atoms with van der Waals surface area (Å²) in [5.74, 6) is -1.64. The van der Waals surface area contributed by atoms with Crippen LogP contribution in [-0.4, -0.2) is 76.8 Å². The summed E-state index contributed by atoms with van der Waals surface area (Å²) in [6.07, 6.45) is -1.47. The molecule has 4 rings (SSSR count). The molecule has 0 aromatic carbocycles. The van der Waals surface area contributed by atoms with Crippen LogP contribution in [0.4, 0.5) is 13.2 Å². The summed E-state index contributed by atoms with van der Waals surface area (Å²) in [7, 11) is 0. The summed E-state index contributed by atoms with van der Waals surface area (Å²) in [5, 5.41) is 10.4. The Morgan fingerprint density at radius 2 is 2.00 bits per heavy atom. The van der Waals surface area contributed by atoms with Crippen molar-refractivity contribution in [3.05, 3.63) is 16.1 Å². The zero-order valence-electron chi connectivity index (χ0n) is 16.7. The summed E-state index contributed by atoms with van der Waals surface area (Å²) in [6, 6.07) is 0. The van der Waals surface area contributed by atoms with Gasteiger partial charge in [-0.2, -0.15) is 13.2 Å². The van der Waals surface area contributed by atoms with Gasteiger partial charge < -0.3 is 14.7 Å². The molecule has 3 heterocycles. The molecule has 30 heavy (non-hydrogen) atoms. The number of alkyl halides is 3. The third-order valence-corrected chi connectivity index (χ3v) is 6.50. The van der Waals surface area contributed by atoms with E-state index in [2.05, 4.69) is 27.1 Å². The van der Waals surface area contributed by atoms with Crippen molar-refractivity contribution in [3.63, 3.8) is 0 Å². The van der Waals surface area contributed by atoms with E-state index in [-0.39, 0.29) is 6.10 Å². The van der Waals surface area contributed by atoms with Crippen LogP contribution < -0.4 is 0 Å². The van der Waals surface area contributed by atoms with Gasteiger partial charge in [0, 0.05) is 49.9 Å². The molecule has 0 radical (unpaired) electrons. The van der Waals surface area contributed by atoms with E-state index in [1.807, 2.05) is 0 Å². The molecule has 7 nitrogen and oxygen atoms in total. The summed E-state index contributed by atoms with van der Waals surface area (Å²) in [5.41, 5.74) is 1.16. The molecule has 168 valence electrons. The number of likely N-dealkylation sites (tertiary alicyclic amines) is 1. The van der Waals surface area contributed by atoms with Crippen LogP contribution in [-0.2, 0) is 20.9 Å². The summed E-state index contributed by atoms with van der Waals surface area (Å²) < 4.78 is 37.8. The Morgan fingerprint density at radius 1 is 1.30 bits per heavy atom.